The zero-order valence-corrected chi connectivity index (χ0v) is 17.5. The molecule has 9 heteroatoms. The maximum Gasteiger partial charge on any atom is 0.253 e. The molecule has 2 atom stereocenters. The molecule has 8 nitrogen and oxygen atoms in total. The van der Waals surface area contributed by atoms with Gasteiger partial charge in [0.25, 0.3) is 5.91 Å². The molecule has 158 valence electrons. The number of hydrogen-bond donors (Lipinski definition) is 2. The van der Waals surface area contributed by atoms with Gasteiger partial charge in [-0.2, -0.15) is 4.40 Å². The van der Waals surface area contributed by atoms with E-state index in [9.17, 15) is 9.00 Å². The van der Waals surface area contributed by atoms with Crippen molar-refractivity contribution in [1.29, 1.82) is 0 Å². The molecule has 3 N–H and O–H groups in total. The Balaban J connectivity index is 1.42. The van der Waals surface area contributed by atoms with Crippen LogP contribution >= 0.6 is 0 Å². The first-order chi connectivity index (χ1) is 14.5. The van der Waals surface area contributed by atoms with Gasteiger partial charge in [0, 0.05) is 24.6 Å². The number of carbonyl (C=O) groups is 1. The van der Waals surface area contributed by atoms with E-state index >= 15 is 0 Å². The number of rotatable bonds is 5. The number of nitrogens with two attached hydrogens (primary N) is 1. The van der Waals surface area contributed by atoms with E-state index < -0.39 is 11.2 Å². The Labute approximate surface area is 177 Å². The number of fused-ring (bicyclic) bond motifs is 1. The van der Waals surface area contributed by atoms with Crippen LogP contribution in [0.2, 0.25) is 0 Å². The number of piperidine rings is 1. The van der Waals surface area contributed by atoms with Crippen LogP contribution in [0.15, 0.2) is 46.9 Å². The second-order valence-electron chi connectivity index (χ2n) is 7.31. The van der Waals surface area contributed by atoms with E-state index in [1.54, 1.807) is 25.3 Å². The molecule has 0 aliphatic carbocycles. The summed E-state index contributed by atoms with van der Waals surface area (Å²) in [4.78, 5) is 14.8. The maximum atomic E-state index is 12.9. The fourth-order valence-electron chi connectivity index (χ4n) is 3.78. The predicted molar refractivity (Wildman–Crippen MR) is 116 cm³/mol. The molecule has 0 saturated carbocycles. The monoisotopic (exact) mass is 428 g/mol. The first-order valence-electron chi connectivity index (χ1n) is 9.77. The third-order valence-corrected chi connectivity index (χ3v) is 6.02. The van der Waals surface area contributed by atoms with Crippen LogP contribution in [0.4, 0.5) is 5.69 Å². The van der Waals surface area contributed by atoms with Gasteiger partial charge >= 0.3 is 0 Å². The predicted octanol–water partition coefficient (Wildman–Crippen LogP) is 2.34. The highest BCUT2D eigenvalue weighted by molar-refractivity contribution is 7.85. The van der Waals surface area contributed by atoms with Crippen LogP contribution in [-0.2, 0) is 11.2 Å². The van der Waals surface area contributed by atoms with Crippen molar-refractivity contribution in [2.45, 2.75) is 12.8 Å². The molecule has 2 unspecified atom stereocenters. The van der Waals surface area contributed by atoms with Crippen molar-refractivity contribution >= 4 is 28.6 Å². The van der Waals surface area contributed by atoms with Gasteiger partial charge in [-0.3, -0.25) is 9.52 Å². The molecule has 0 aromatic heterocycles. The highest BCUT2D eigenvalue weighted by Gasteiger charge is 2.26. The molecule has 1 amide bonds. The number of anilines is 1. The summed E-state index contributed by atoms with van der Waals surface area (Å²) in [7, 11) is 1.59. The van der Waals surface area contributed by atoms with Crippen LogP contribution < -0.4 is 19.9 Å². The third-order valence-electron chi connectivity index (χ3n) is 5.26. The molecule has 2 aliphatic heterocycles. The smallest absolute Gasteiger partial charge is 0.253 e. The van der Waals surface area contributed by atoms with Crippen molar-refractivity contribution in [3.8, 4) is 11.5 Å². The van der Waals surface area contributed by atoms with Gasteiger partial charge in [0.1, 0.15) is 17.3 Å². The minimum atomic E-state index is -1.57. The number of amidine groups is 1. The second kappa shape index (κ2) is 8.74. The van der Waals surface area contributed by atoms with Crippen LogP contribution in [0.1, 0.15) is 28.8 Å². The number of hydrogen-bond acceptors (Lipinski definition) is 5. The van der Waals surface area contributed by atoms with E-state index in [4.69, 9.17) is 15.2 Å². The SMILES string of the molecule is COc1cccc(C(=O)N2CCCC(COc3cccc4c3C(N)=NS(=O)N4)C2)c1. The van der Waals surface area contributed by atoms with E-state index in [0.717, 1.165) is 19.4 Å². The molecule has 2 heterocycles. The van der Waals surface area contributed by atoms with Gasteiger partial charge in [0.15, 0.2) is 0 Å². The molecule has 1 saturated heterocycles. The third kappa shape index (κ3) is 4.25. The molecule has 0 radical (unpaired) electrons. The van der Waals surface area contributed by atoms with Crippen molar-refractivity contribution < 1.29 is 18.5 Å². The van der Waals surface area contributed by atoms with Gasteiger partial charge in [0.05, 0.1) is 25.0 Å². The van der Waals surface area contributed by atoms with Gasteiger partial charge in [0.2, 0.25) is 11.2 Å². The number of amides is 1. The van der Waals surface area contributed by atoms with Crippen molar-refractivity contribution in [2.75, 3.05) is 31.5 Å². The molecular weight excluding hydrogens is 404 g/mol. The first-order valence-corrected chi connectivity index (χ1v) is 10.9. The van der Waals surface area contributed by atoms with Crippen molar-refractivity contribution in [1.82, 2.24) is 4.90 Å². The lowest BCUT2D eigenvalue weighted by Gasteiger charge is -2.33. The molecule has 0 bridgehead atoms. The van der Waals surface area contributed by atoms with E-state index in [2.05, 4.69) is 9.12 Å². The van der Waals surface area contributed by atoms with Crippen molar-refractivity contribution in [2.24, 2.45) is 16.0 Å². The summed E-state index contributed by atoms with van der Waals surface area (Å²) in [5.74, 6) is 1.65. The number of ether oxygens (including phenoxy) is 2. The number of methoxy groups -OCH3 is 1. The van der Waals surface area contributed by atoms with Gasteiger partial charge < -0.3 is 20.1 Å². The molecule has 2 aromatic carbocycles. The van der Waals surface area contributed by atoms with Crippen LogP contribution in [0, 0.1) is 5.92 Å². The minimum Gasteiger partial charge on any atom is -0.497 e. The number of benzene rings is 2. The van der Waals surface area contributed by atoms with Gasteiger partial charge in [-0.15, -0.1) is 0 Å². The largest absolute Gasteiger partial charge is 0.497 e. The molecule has 2 aliphatic rings. The summed E-state index contributed by atoms with van der Waals surface area (Å²) in [5, 5.41) is 0. The Morgan fingerprint density at radius 2 is 2.17 bits per heavy atom. The summed E-state index contributed by atoms with van der Waals surface area (Å²) >= 11 is -1.57. The van der Waals surface area contributed by atoms with Crippen LogP contribution in [0.5, 0.6) is 11.5 Å². The first kappa shape index (κ1) is 20.2. The average Bonchev–Trinajstić information content (AvgIpc) is 2.77. The van der Waals surface area contributed by atoms with E-state index in [-0.39, 0.29) is 17.7 Å². The van der Waals surface area contributed by atoms with E-state index in [0.29, 0.717) is 41.5 Å². The second-order valence-corrected chi connectivity index (χ2v) is 8.19. The molecule has 30 heavy (non-hydrogen) atoms. The summed E-state index contributed by atoms with van der Waals surface area (Å²) in [6.07, 6.45) is 1.89. The highest BCUT2D eigenvalue weighted by Crippen LogP contribution is 2.30. The number of likely N-dealkylation sites (tertiary alicyclic amines) is 1. The molecule has 1 fully saturated rings. The summed E-state index contributed by atoms with van der Waals surface area (Å²) in [6.45, 7) is 1.80. The van der Waals surface area contributed by atoms with Crippen LogP contribution in [0.25, 0.3) is 0 Å². The summed E-state index contributed by atoms with van der Waals surface area (Å²) in [5.41, 5.74) is 7.85. The number of carbonyl (C=O) groups excluding carboxylic acids is 1. The normalized spacial score (nSPS) is 20.6. The average molecular weight is 429 g/mol. The maximum absolute atomic E-state index is 12.9. The molecule has 2 aromatic rings. The Morgan fingerprint density at radius 1 is 1.33 bits per heavy atom. The topological polar surface area (TPSA) is 106 Å². The number of nitrogens with one attached hydrogen (secondary N) is 1. The van der Waals surface area contributed by atoms with Crippen LogP contribution in [0.3, 0.4) is 0 Å². The van der Waals surface area contributed by atoms with E-state index in [1.165, 1.54) is 0 Å². The Hall–Kier alpha value is -3.07. The van der Waals surface area contributed by atoms with Gasteiger partial charge in [-0.05, 0) is 43.2 Å². The molecule has 0 spiro atoms. The Bertz CT molecular complexity index is 1010. The molecule has 4 rings (SSSR count). The molecular formula is C21H24N4O4S. The minimum absolute atomic E-state index is 0.00116. The standard InChI is InChI=1S/C21H24N4O4S/c1-28-16-7-2-6-15(11-16)21(26)25-10-4-5-14(12-25)13-29-18-9-3-8-17-19(18)20(22)24-30(27)23-17/h2-3,6-9,11,14,23H,4-5,10,12-13H2,1H3,(H2,22,24). The van der Waals surface area contributed by atoms with Crippen molar-refractivity contribution in [3.63, 3.8) is 0 Å². The fraction of sp³-hybridized carbons (Fsp3) is 0.333. The van der Waals surface area contributed by atoms with E-state index in [1.807, 2.05) is 29.2 Å². The lowest BCUT2D eigenvalue weighted by Crippen LogP contribution is -2.41. The zero-order chi connectivity index (χ0) is 21.1. The Morgan fingerprint density at radius 3 is 3.00 bits per heavy atom. The van der Waals surface area contributed by atoms with Gasteiger partial charge in [-0.1, -0.05) is 12.1 Å². The highest BCUT2D eigenvalue weighted by atomic mass is 32.2. The lowest BCUT2D eigenvalue weighted by atomic mass is 9.98. The van der Waals surface area contributed by atoms with Crippen LogP contribution in [-0.4, -0.2) is 47.7 Å². The van der Waals surface area contributed by atoms with Gasteiger partial charge in [-0.25, -0.2) is 4.21 Å². The number of nitrogens with zero attached hydrogens (tertiary/aromatic N) is 2. The Kier molecular flexibility index (Phi) is 5.89. The summed E-state index contributed by atoms with van der Waals surface area (Å²) < 4.78 is 29.6. The fourth-order valence-corrected chi connectivity index (χ4v) is 4.46. The zero-order valence-electron chi connectivity index (χ0n) is 16.7. The lowest BCUT2D eigenvalue weighted by molar-refractivity contribution is 0.0633. The van der Waals surface area contributed by atoms with Crippen molar-refractivity contribution in [3.05, 3.63) is 53.6 Å². The quantitative estimate of drug-likeness (QED) is 0.760. The summed E-state index contributed by atoms with van der Waals surface area (Å²) in [6, 6.07) is 12.6.